The van der Waals surface area contributed by atoms with E-state index in [0.29, 0.717) is 6.61 Å². The van der Waals surface area contributed by atoms with Crippen LogP contribution in [0.5, 0.6) is 0 Å². The zero-order valence-corrected chi connectivity index (χ0v) is 19.6. The van der Waals surface area contributed by atoms with Gasteiger partial charge in [-0.25, -0.2) is 0 Å². The van der Waals surface area contributed by atoms with E-state index in [2.05, 4.69) is 66.7 Å². The Bertz CT molecular complexity index is 936. The summed E-state index contributed by atoms with van der Waals surface area (Å²) in [5.74, 6) is -0.215. The first-order valence-electron chi connectivity index (χ1n) is 11.5. The summed E-state index contributed by atoms with van der Waals surface area (Å²) in [5.41, 5.74) is 5.74. The lowest BCUT2D eigenvalue weighted by Crippen LogP contribution is -2.30. The van der Waals surface area contributed by atoms with Crippen LogP contribution in [0.4, 0.5) is 0 Å². The van der Waals surface area contributed by atoms with Gasteiger partial charge in [-0.15, -0.1) is 0 Å². The van der Waals surface area contributed by atoms with Crippen molar-refractivity contribution in [1.82, 2.24) is 0 Å². The van der Waals surface area contributed by atoms with Gasteiger partial charge in [0, 0.05) is 0 Å². The van der Waals surface area contributed by atoms with Gasteiger partial charge in [0.25, 0.3) is 0 Å². The Morgan fingerprint density at radius 3 is 1.88 bits per heavy atom. The SMILES string of the molecule is CCC(C)(C)C(=O)OC(C)OCCCc1c(-c2ccccc2)cccc1-c1ccccc1. The maximum absolute atomic E-state index is 12.3. The molecule has 0 N–H and O–H groups in total. The maximum atomic E-state index is 12.3. The highest BCUT2D eigenvalue weighted by Crippen LogP contribution is 2.33. The second-order valence-corrected chi connectivity index (χ2v) is 8.75. The van der Waals surface area contributed by atoms with Crippen LogP contribution in [0.25, 0.3) is 22.3 Å². The summed E-state index contributed by atoms with van der Waals surface area (Å²) in [7, 11) is 0. The largest absolute Gasteiger partial charge is 0.436 e. The molecule has 3 heteroatoms. The number of benzene rings is 3. The zero-order valence-electron chi connectivity index (χ0n) is 19.6. The molecule has 0 radical (unpaired) electrons. The average molecular weight is 431 g/mol. The van der Waals surface area contributed by atoms with Crippen LogP contribution in [0, 0.1) is 5.41 Å². The molecule has 3 aromatic carbocycles. The van der Waals surface area contributed by atoms with Crippen LogP contribution in [0.1, 0.15) is 46.1 Å². The number of carbonyl (C=O) groups excluding carboxylic acids is 1. The van der Waals surface area contributed by atoms with Crippen molar-refractivity contribution in [3.05, 3.63) is 84.4 Å². The molecule has 168 valence electrons. The first kappa shape index (κ1) is 23.7. The molecule has 1 unspecified atom stereocenters. The fourth-order valence-corrected chi connectivity index (χ4v) is 3.62. The van der Waals surface area contributed by atoms with Gasteiger partial charge in [-0.05, 0) is 67.9 Å². The monoisotopic (exact) mass is 430 g/mol. The number of rotatable bonds is 10. The van der Waals surface area contributed by atoms with Gasteiger partial charge in [-0.1, -0.05) is 85.8 Å². The molecule has 0 bridgehead atoms. The molecule has 3 aromatic rings. The van der Waals surface area contributed by atoms with Crippen molar-refractivity contribution in [1.29, 1.82) is 0 Å². The third kappa shape index (κ3) is 6.08. The highest BCUT2D eigenvalue weighted by atomic mass is 16.7. The number of hydrogen-bond donors (Lipinski definition) is 0. The standard InChI is InChI=1S/C29H34O3/c1-5-29(3,4)28(30)32-22(2)31-21-13-20-27-25(23-14-8-6-9-15-23)18-12-19-26(27)24-16-10-7-11-17-24/h6-12,14-19,22H,5,13,20-21H2,1-4H3. The second-order valence-electron chi connectivity index (χ2n) is 8.75. The molecule has 0 heterocycles. The Balaban J connectivity index is 1.72. The smallest absolute Gasteiger partial charge is 0.313 e. The Labute approximate surface area is 192 Å². The highest BCUT2D eigenvalue weighted by molar-refractivity contribution is 5.78. The fraction of sp³-hybridized carbons (Fsp3) is 0.345. The van der Waals surface area contributed by atoms with Crippen LogP contribution < -0.4 is 0 Å². The average Bonchev–Trinajstić information content (AvgIpc) is 2.82. The Morgan fingerprint density at radius 1 is 0.844 bits per heavy atom. The van der Waals surface area contributed by atoms with E-state index in [1.807, 2.05) is 32.9 Å². The first-order valence-corrected chi connectivity index (χ1v) is 11.5. The van der Waals surface area contributed by atoms with Crippen molar-refractivity contribution in [3.63, 3.8) is 0 Å². The number of esters is 1. The lowest BCUT2D eigenvalue weighted by Gasteiger charge is -2.23. The molecule has 0 saturated carbocycles. The van der Waals surface area contributed by atoms with Crippen LogP contribution >= 0.6 is 0 Å². The van der Waals surface area contributed by atoms with Crippen molar-refractivity contribution in [2.45, 2.75) is 53.2 Å². The molecule has 3 nitrogen and oxygen atoms in total. The van der Waals surface area contributed by atoms with Crippen molar-refractivity contribution in [2.24, 2.45) is 5.41 Å². The van der Waals surface area contributed by atoms with Crippen LogP contribution in [0.2, 0.25) is 0 Å². The third-order valence-electron chi connectivity index (χ3n) is 5.98. The summed E-state index contributed by atoms with van der Waals surface area (Å²) in [6, 6.07) is 27.5. The molecule has 3 rings (SSSR count). The van der Waals surface area contributed by atoms with Gasteiger partial charge in [-0.2, -0.15) is 0 Å². The summed E-state index contributed by atoms with van der Waals surface area (Å²) in [6.45, 7) is 8.10. The number of carbonyl (C=O) groups is 1. The Hall–Kier alpha value is -2.91. The molecule has 0 aliphatic heterocycles. The van der Waals surface area contributed by atoms with Crippen LogP contribution in [-0.2, 0) is 20.7 Å². The van der Waals surface area contributed by atoms with Gasteiger partial charge < -0.3 is 9.47 Å². The van der Waals surface area contributed by atoms with Gasteiger partial charge in [-0.3, -0.25) is 4.79 Å². The van der Waals surface area contributed by atoms with Gasteiger partial charge in [0.15, 0.2) is 6.29 Å². The third-order valence-corrected chi connectivity index (χ3v) is 5.98. The van der Waals surface area contributed by atoms with Gasteiger partial charge >= 0.3 is 5.97 Å². The number of hydrogen-bond acceptors (Lipinski definition) is 3. The van der Waals surface area contributed by atoms with Crippen molar-refractivity contribution >= 4 is 5.97 Å². The topological polar surface area (TPSA) is 35.5 Å². The predicted octanol–water partition coefficient (Wildman–Crippen LogP) is 7.30. The molecule has 32 heavy (non-hydrogen) atoms. The summed E-state index contributed by atoms with van der Waals surface area (Å²) < 4.78 is 11.3. The Kier molecular flexibility index (Phi) is 8.24. The van der Waals surface area contributed by atoms with E-state index in [4.69, 9.17) is 9.47 Å². The maximum Gasteiger partial charge on any atom is 0.313 e. The first-order chi connectivity index (χ1) is 15.4. The van der Waals surface area contributed by atoms with Crippen LogP contribution in [0.15, 0.2) is 78.9 Å². The zero-order chi connectivity index (χ0) is 23.0. The molecule has 0 aliphatic rings. The van der Waals surface area contributed by atoms with Crippen molar-refractivity contribution < 1.29 is 14.3 Å². The van der Waals surface area contributed by atoms with Gasteiger partial charge in [0.2, 0.25) is 0 Å². The van der Waals surface area contributed by atoms with Crippen LogP contribution in [-0.4, -0.2) is 18.9 Å². The minimum absolute atomic E-state index is 0.215. The molecular formula is C29H34O3. The van der Waals surface area contributed by atoms with Gasteiger partial charge in [0.05, 0.1) is 12.0 Å². The van der Waals surface area contributed by atoms with E-state index >= 15 is 0 Å². The van der Waals surface area contributed by atoms with Crippen LogP contribution in [0.3, 0.4) is 0 Å². The van der Waals surface area contributed by atoms with E-state index in [1.54, 1.807) is 6.92 Å². The van der Waals surface area contributed by atoms with E-state index in [1.165, 1.54) is 27.8 Å². The summed E-state index contributed by atoms with van der Waals surface area (Å²) in [5, 5.41) is 0. The minimum atomic E-state index is -0.550. The van der Waals surface area contributed by atoms with E-state index in [0.717, 1.165) is 19.3 Å². The van der Waals surface area contributed by atoms with E-state index < -0.39 is 11.7 Å². The summed E-state index contributed by atoms with van der Waals surface area (Å²) in [4.78, 5) is 12.3. The fourth-order valence-electron chi connectivity index (χ4n) is 3.62. The van der Waals surface area contributed by atoms with Crippen molar-refractivity contribution in [2.75, 3.05) is 6.61 Å². The summed E-state index contributed by atoms with van der Waals surface area (Å²) in [6.07, 6.45) is 1.89. The minimum Gasteiger partial charge on any atom is -0.436 e. The molecule has 0 amide bonds. The van der Waals surface area contributed by atoms with Crippen molar-refractivity contribution in [3.8, 4) is 22.3 Å². The van der Waals surface area contributed by atoms with Gasteiger partial charge in [0.1, 0.15) is 0 Å². The quantitative estimate of drug-likeness (QED) is 0.192. The van der Waals surface area contributed by atoms with E-state index in [9.17, 15) is 4.79 Å². The lowest BCUT2D eigenvalue weighted by atomic mass is 9.89. The predicted molar refractivity (Wildman–Crippen MR) is 131 cm³/mol. The molecule has 0 aliphatic carbocycles. The molecule has 0 spiro atoms. The van der Waals surface area contributed by atoms with E-state index in [-0.39, 0.29) is 5.97 Å². The second kappa shape index (κ2) is 11.1. The molecular weight excluding hydrogens is 396 g/mol. The molecule has 1 atom stereocenters. The molecule has 0 aromatic heterocycles. The summed E-state index contributed by atoms with van der Waals surface area (Å²) >= 11 is 0. The lowest BCUT2D eigenvalue weighted by molar-refractivity contribution is -0.185. The number of ether oxygens (including phenoxy) is 2. The Morgan fingerprint density at radius 2 is 1.38 bits per heavy atom. The molecule has 0 fully saturated rings. The molecule has 0 saturated heterocycles. The highest BCUT2D eigenvalue weighted by Gasteiger charge is 2.28. The normalized spacial score (nSPS) is 12.4.